The molecule has 0 aromatic heterocycles. The van der Waals surface area contributed by atoms with Crippen LogP contribution in [0.2, 0.25) is 0 Å². The van der Waals surface area contributed by atoms with Gasteiger partial charge in [0.05, 0.1) is 16.3 Å². The van der Waals surface area contributed by atoms with Gasteiger partial charge in [0, 0.05) is 31.4 Å². The minimum Gasteiger partial charge on any atom is -0.397 e. The molecule has 1 aromatic rings. The summed E-state index contributed by atoms with van der Waals surface area (Å²) in [6.07, 6.45) is 1.19. The van der Waals surface area contributed by atoms with Crippen molar-refractivity contribution < 1.29 is 8.42 Å². The van der Waals surface area contributed by atoms with Crippen molar-refractivity contribution in [3.05, 3.63) is 18.2 Å². The van der Waals surface area contributed by atoms with Crippen LogP contribution in [-0.2, 0) is 9.84 Å². The van der Waals surface area contributed by atoms with Gasteiger partial charge in [-0.2, -0.15) is 0 Å². The summed E-state index contributed by atoms with van der Waals surface area (Å²) in [5.74, 6) is 0. The van der Waals surface area contributed by atoms with E-state index < -0.39 is 9.84 Å². The van der Waals surface area contributed by atoms with E-state index >= 15 is 0 Å². The minimum absolute atomic E-state index is 0.0696. The van der Waals surface area contributed by atoms with Crippen LogP contribution in [-0.4, -0.2) is 51.8 Å². The first-order valence-electron chi connectivity index (χ1n) is 6.67. The van der Waals surface area contributed by atoms with Crippen molar-refractivity contribution in [2.24, 2.45) is 0 Å². The van der Waals surface area contributed by atoms with Crippen molar-refractivity contribution in [3.8, 4) is 0 Å². The Kier molecular flexibility index (Phi) is 3.73. The highest BCUT2D eigenvalue weighted by Crippen LogP contribution is 2.30. The lowest BCUT2D eigenvalue weighted by Crippen LogP contribution is -2.57. The van der Waals surface area contributed by atoms with E-state index in [4.69, 9.17) is 5.73 Å². The van der Waals surface area contributed by atoms with Gasteiger partial charge in [-0.05, 0) is 39.1 Å². The van der Waals surface area contributed by atoms with Crippen molar-refractivity contribution >= 4 is 21.2 Å². The lowest BCUT2D eigenvalue weighted by Gasteiger charge is -2.46. The Morgan fingerprint density at radius 1 is 1.25 bits per heavy atom. The summed E-state index contributed by atoms with van der Waals surface area (Å²) in [7, 11) is -1.09. The van der Waals surface area contributed by atoms with Crippen LogP contribution in [0, 0.1) is 0 Å². The van der Waals surface area contributed by atoms with Crippen molar-refractivity contribution in [2.75, 3.05) is 43.6 Å². The third kappa shape index (κ3) is 2.91. The van der Waals surface area contributed by atoms with Gasteiger partial charge in [0.25, 0.3) is 0 Å². The van der Waals surface area contributed by atoms with E-state index in [2.05, 4.69) is 30.7 Å². The maximum atomic E-state index is 11.5. The lowest BCUT2D eigenvalue weighted by molar-refractivity contribution is 0.139. The van der Waals surface area contributed by atoms with Crippen molar-refractivity contribution in [3.63, 3.8) is 0 Å². The van der Waals surface area contributed by atoms with Crippen LogP contribution in [0.5, 0.6) is 0 Å². The van der Waals surface area contributed by atoms with E-state index in [-0.39, 0.29) is 10.4 Å². The molecule has 1 aliphatic heterocycles. The minimum atomic E-state index is -3.21. The van der Waals surface area contributed by atoms with Gasteiger partial charge >= 0.3 is 0 Å². The number of sulfone groups is 1. The van der Waals surface area contributed by atoms with Gasteiger partial charge in [0.2, 0.25) is 0 Å². The summed E-state index contributed by atoms with van der Waals surface area (Å²) in [6.45, 7) is 7.11. The van der Waals surface area contributed by atoms with Crippen LogP contribution in [0.4, 0.5) is 11.4 Å². The zero-order chi connectivity index (χ0) is 15.1. The summed E-state index contributed by atoms with van der Waals surface area (Å²) >= 11 is 0. The number of anilines is 2. The van der Waals surface area contributed by atoms with Crippen LogP contribution >= 0.6 is 0 Å². The quantitative estimate of drug-likeness (QED) is 0.831. The maximum Gasteiger partial charge on any atom is 0.175 e. The van der Waals surface area contributed by atoms with Gasteiger partial charge in [-0.15, -0.1) is 0 Å². The first kappa shape index (κ1) is 15.1. The van der Waals surface area contributed by atoms with Crippen molar-refractivity contribution in [1.29, 1.82) is 0 Å². The number of rotatable bonds is 2. The van der Waals surface area contributed by atoms with E-state index in [1.54, 1.807) is 12.1 Å². The molecule has 1 fully saturated rings. The number of benzene rings is 1. The van der Waals surface area contributed by atoms with E-state index in [0.717, 1.165) is 25.3 Å². The second-order valence-corrected chi connectivity index (χ2v) is 8.16. The molecule has 1 heterocycles. The lowest BCUT2D eigenvalue weighted by atomic mass is 9.99. The first-order chi connectivity index (χ1) is 9.11. The summed E-state index contributed by atoms with van der Waals surface area (Å²) in [6, 6.07) is 5.00. The number of hydrogen-bond donors (Lipinski definition) is 1. The van der Waals surface area contributed by atoms with Crippen molar-refractivity contribution in [1.82, 2.24) is 4.90 Å². The predicted molar refractivity (Wildman–Crippen MR) is 82.9 cm³/mol. The Labute approximate surface area is 121 Å². The molecule has 0 atom stereocenters. The second-order valence-electron chi connectivity index (χ2n) is 6.15. The molecule has 112 valence electrons. The van der Waals surface area contributed by atoms with Crippen LogP contribution < -0.4 is 10.6 Å². The highest BCUT2D eigenvalue weighted by molar-refractivity contribution is 7.90. The van der Waals surface area contributed by atoms with E-state index in [9.17, 15) is 8.42 Å². The molecule has 2 rings (SSSR count). The molecular weight excluding hydrogens is 274 g/mol. The van der Waals surface area contributed by atoms with Crippen LogP contribution in [0.1, 0.15) is 13.8 Å². The Bertz CT molecular complexity index is 611. The Morgan fingerprint density at radius 2 is 1.90 bits per heavy atom. The molecule has 0 saturated carbocycles. The highest BCUT2D eigenvalue weighted by Gasteiger charge is 2.31. The Morgan fingerprint density at radius 3 is 2.40 bits per heavy atom. The third-order valence-corrected chi connectivity index (χ3v) is 5.19. The maximum absolute atomic E-state index is 11.5. The number of piperazine rings is 1. The van der Waals surface area contributed by atoms with Gasteiger partial charge < -0.3 is 10.6 Å². The molecule has 2 N–H and O–H groups in total. The van der Waals surface area contributed by atoms with E-state index in [1.807, 2.05) is 6.07 Å². The molecule has 1 aliphatic rings. The molecule has 20 heavy (non-hydrogen) atoms. The average molecular weight is 297 g/mol. The summed E-state index contributed by atoms with van der Waals surface area (Å²) in [5, 5.41) is 0. The van der Waals surface area contributed by atoms with Crippen LogP contribution in [0.15, 0.2) is 23.1 Å². The molecule has 0 aliphatic carbocycles. The Balaban J connectivity index is 2.31. The fourth-order valence-corrected chi connectivity index (χ4v) is 3.15. The highest BCUT2D eigenvalue weighted by atomic mass is 32.2. The number of nitrogen functional groups attached to an aromatic ring is 1. The number of nitrogens with two attached hydrogens (primary N) is 1. The zero-order valence-electron chi connectivity index (χ0n) is 12.5. The molecule has 5 nitrogen and oxygen atoms in total. The van der Waals surface area contributed by atoms with Gasteiger partial charge in [-0.25, -0.2) is 8.42 Å². The molecule has 0 bridgehead atoms. The van der Waals surface area contributed by atoms with Gasteiger partial charge in [0.15, 0.2) is 9.84 Å². The van der Waals surface area contributed by atoms with Crippen LogP contribution in [0.25, 0.3) is 0 Å². The van der Waals surface area contributed by atoms with Gasteiger partial charge in [-0.3, -0.25) is 4.90 Å². The molecule has 0 radical (unpaired) electrons. The third-order valence-electron chi connectivity index (χ3n) is 4.08. The second kappa shape index (κ2) is 4.93. The smallest absolute Gasteiger partial charge is 0.175 e. The fourth-order valence-electron chi connectivity index (χ4n) is 2.50. The summed E-state index contributed by atoms with van der Waals surface area (Å²) < 4.78 is 23.1. The normalized spacial score (nSPS) is 20.1. The summed E-state index contributed by atoms with van der Waals surface area (Å²) in [4.78, 5) is 4.82. The summed E-state index contributed by atoms with van der Waals surface area (Å²) in [5.41, 5.74) is 7.56. The number of likely N-dealkylation sites (N-methyl/N-ethyl adjacent to an activating group) is 1. The van der Waals surface area contributed by atoms with E-state index in [1.165, 1.54) is 6.26 Å². The Hall–Kier alpha value is -1.27. The number of hydrogen-bond acceptors (Lipinski definition) is 5. The first-order valence-corrected chi connectivity index (χ1v) is 8.56. The largest absolute Gasteiger partial charge is 0.397 e. The monoisotopic (exact) mass is 297 g/mol. The molecule has 1 saturated heterocycles. The fraction of sp³-hybridized carbons (Fsp3) is 0.571. The molecule has 0 unspecified atom stereocenters. The molecule has 0 amide bonds. The predicted octanol–water partition coefficient (Wildman–Crippen LogP) is 1.20. The van der Waals surface area contributed by atoms with Crippen molar-refractivity contribution in [2.45, 2.75) is 24.3 Å². The zero-order valence-corrected chi connectivity index (χ0v) is 13.4. The standard InChI is InChI=1S/C14H23N3O2S/c1-14(2)10-17(8-7-16(14)3)13-6-5-11(9-12(13)15)20(4,18)19/h5-6,9H,7-8,10,15H2,1-4H3. The molecule has 0 spiro atoms. The van der Waals surface area contributed by atoms with Gasteiger partial charge in [0.1, 0.15) is 0 Å². The van der Waals surface area contributed by atoms with Crippen LogP contribution in [0.3, 0.4) is 0 Å². The molecule has 1 aromatic carbocycles. The van der Waals surface area contributed by atoms with E-state index in [0.29, 0.717) is 5.69 Å². The van der Waals surface area contributed by atoms with Gasteiger partial charge in [-0.1, -0.05) is 0 Å². The molecular formula is C14H23N3O2S. The SMILES string of the molecule is CN1CCN(c2ccc(S(C)(=O)=O)cc2N)CC1(C)C. The topological polar surface area (TPSA) is 66.6 Å². The number of nitrogens with zero attached hydrogens (tertiary/aromatic N) is 2. The average Bonchev–Trinajstić information content (AvgIpc) is 2.31. The molecule has 6 heteroatoms.